The Morgan fingerprint density at radius 1 is 0.886 bits per heavy atom. The molecule has 12 heteroatoms. The van der Waals surface area contributed by atoms with E-state index in [1.54, 1.807) is 12.1 Å². The monoisotopic (exact) mass is 493 g/mol. The first kappa shape index (κ1) is 23.3. The van der Waals surface area contributed by atoms with Crippen LogP contribution < -0.4 is 14.4 Å². The summed E-state index contributed by atoms with van der Waals surface area (Å²) in [5.41, 5.74) is -0.650. The molecule has 35 heavy (non-hydrogen) atoms. The highest BCUT2D eigenvalue weighted by molar-refractivity contribution is 7.87. The number of rotatable bonds is 6. The van der Waals surface area contributed by atoms with Gasteiger partial charge in [0, 0.05) is 17.7 Å². The zero-order valence-corrected chi connectivity index (χ0v) is 18.5. The van der Waals surface area contributed by atoms with Crippen LogP contribution in [0.3, 0.4) is 0 Å². The summed E-state index contributed by atoms with van der Waals surface area (Å²) in [5.74, 6) is -2.16. The van der Waals surface area contributed by atoms with Crippen molar-refractivity contribution >= 4 is 45.4 Å². The molecule has 1 N–H and O–H groups in total. The number of hydrogen-bond acceptors (Lipinski definition) is 8. The average Bonchev–Trinajstić information content (AvgIpc) is 2.83. The summed E-state index contributed by atoms with van der Waals surface area (Å²) >= 11 is 0. The van der Waals surface area contributed by atoms with Crippen molar-refractivity contribution < 1.29 is 31.9 Å². The zero-order chi connectivity index (χ0) is 25.2. The highest BCUT2D eigenvalue weighted by Gasteiger charge is 2.37. The molecule has 4 rings (SSSR count). The lowest BCUT2D eigenvalue weighted by Gasteiger charge is -2.26. The predicted octanol–water partition coefficient (Wildman–Crippen LogP) is 3.03. The number of anilines is 1. The van der Waals surface area contributed by atoms with E-state index in [1.165, 1.54) is 54.6 Å². The normalized spacial score (nSPS) is 15.1. The van der Waals surface area contributed by atoms with Gasteiger partial charge in [0.15, 0.2) is 0 Å². The van der Waals surface area contributed by atoms with E-state index in [2.05, 4.69) is 0 Å². The molecule has 1 saturated heterocycles. The standard InChI is InChI=1S/C23H15N3O8S/c27-21-19(22(28)25(23(29)24-21)16-10-12-17(13-11-16)26(30)31)14-15-6-4-5-9-20(15)34-35(32,33)18-7-2-1-3-8-18/h1-14H,(H,24,27,29). The van der Waals surface area contributed by atoms with E-state index in [0.717, 1.165) is 18.2 Å². The van der Waals surface area contributed by atoms with Crippen molar-refractivity contribution in [3.8, 4) is 5.75 Å². The molecule has 0 aliphatic carbocycles. The van der Waals surface area contributed by atoms with Gasteiger partial charge in [-0.1, -0.05) is 36.4 Å². The number of imide groups is 2. The number of non-ortho nitro benzene ring substituents is 1. The van der Waals surface area contributed by atoms with Crippen molar-refractivity contribution in [2.75, 3.05) is 4.90 Å². The molecule has 1 fully saturated rings. The third-order valence-electron chi connectivity index (χ3n) is 4.87. The molecule has 0 atom stereocenters. The number of carbonyl (C=O) groups excluding carboxylic acids is 3. The molecule has 0 spiro atoms. The molecule has 1 aliphatic rings. The Morgan fingerprint density at radius 2 is 1.51 bits per heavy atom. The summed E-state index contributed by atoms with van der Waals surface area (Å²) in [5, 5.41) is 12.9. The first-order chi connectivity index (χ1) is 16.7. The quantitative estimate of drug-likeness (QED) is 0.181. The maximum atomic E-state index is 13.1. The summed E-state index contributed by atoms with van der Waals surface area (Å²) in [6, 6.07) is 16.8. The Morgan fingerprint density at radius 3 is 2.17 bits per heavy atom. The SMILES string of the molecule is O=C1NC(=O)N(c2ccc([N+](=O)[O-])cc2)C(=O)C1=Cc1ccccc1OS(=O)(=O)c1ccccc1. The third kappa shape index (κ3) is 4.77. The van der Waals surface area contributed by atoms with Crippen LogP contribution in [0, 0.1) is 10.1 Å². The summed E-state index contributed by atoms with van der Waals surface area (Å²) in [4.78, 5) is 48.7. The molecule has 0 radical (unpaired) electrons. The van der Waals surface area contributed by atoms with Crippen molar-refractivity contribution in [2.24, 2.45) is 0 Å². The summed E-state index contributed by atoms with van der Waals surface area (Å²) in [6.45, 7) is 0. The molecule has 4 amide bonds. The van der Waals surface area contributed by atoms with Crippen molar-refractivity contribution in [2.45, 2.75) is 4.90 Å². The van der Waals surface area contributed by atoms with Gasteiger partial charge in [0.25, 0.3) is 17.5 Å². The topological polar surface area (TPSA) is 153 Å². The van der Waals surface area contributed by atoms with Gasteiger partial charge < -0.3 is 4.18 Å². The van der Waals surface area contributed by atoms with Gasteiger partial charge in [-0.05, 0) is 36.4 Å². The fraction of sp³-hybridized carbons (Fsp3) is 0. The van der Waals surface area contributed by atoms with E-state index < -0.39 is 38.5 Å². The molecular weight excluding hydrogens is 478 g/mol. The molecule has 3 aromatic rings. The van der Waals surface area contributed by atoms with Crippen LogP contribution in [0.25, 0.3) is 6.08 Å². The van der Waals surface area contributed by atoms with Gasteiger partial charge in [-0.3, -0.25) is 25.0 Å². The van der Waals surface area contributed by atoms with Crippen molar-refractivity contribution in [3.05, 3.63) is 100 Å². The van der Waals surface area contributed by atoms with Gasteiger partial charge in [-0.25, -0.2) is 9.69 Å². The van der Waals surface area contributed by atoms with E-state index >= 15 is 0 Å². The molecule has 0 saturated carbocycles. The lowest BCUT2D eigenvalue weighted by molar-refractivity contribution is -0.384. The van der Waals surface area contributed by atoms with E-state index in [4.69, 9.17) is 4.18 Å². The van der Waals surface area contributed by atoms with Gasteiger partial charge >= 0.3 is 16.1 Å². The maximum absolute atomic E-state index is 13.1. The summed E-state index contributed by atoms with van der Waals surface area (Å²) < 4.78 is 30.5. The van der Waals surface area contributed by atoms with Crippen LogP contribution in [0.15, 0.2) is 89.3 Å². The highest BCUT2D eigenvalue weighted by atomic mass is 32.2. The predicted molar refractivity (Wildman–Crippen MR) is 123 cm³/mol. The minimum Gasteiger partial charge on any atom is -0.378 e. The minimum atomic E-state index is -4.21. The van der Waals surface area contributed by atoms with E-state index in [0.29, 0.717) is 4.90 Å². The molecule has 1 aliphatic heterocycles. The number of benzene rings is 3. The summed E-state index contributed by atoms with van der Waals surface area (Å²) in [6.07, 6.45) is 1.10. The van der Waals surface area contributed by atoms with Crippen LogP contribution in [0.5, 0.6) is 5.75 Å². The molecular formula is C23H15N3O8S. The van der Waals surface area contributed by atoms with E-state index in [1.807, 2.05) is 5.32 Å². The van der Waals surface area contributed by atoms with Gasteiger partial charge in [0.05, 0.1) is 10.6 Å². The molecule has 0 bridgehead atoms. The smallest absolute Gasteiger partial charge is 0.339 e. The molecule has 3 aromatic carbocycles. The second-order valence-electron chi connectivity index (χ2n) is 7.12. The highest BCUT2D eigenvalue weighted by Crippen LogP contribution is 2.28. The van der Waals surface area contributed by atoms with Crippen molar-refractivity contribution in [1.29, 1.82) is 0 Å². The summed E-state index contributed by atoms with van der Waals surface area (Å²) in [7, 11) is -4.21. The number of urea groups is 1. The fourth-order valence-electron chi connectivity index (χ4n) is 3.20. The van der Waals surface area contributed by atoms with Crippen LogP contribution in [0.4, 0.5) is 16.2 Å². The number of carbonyl (C=O) groups is 3. The third-order valence-corrected chi connectivity index (χ3v) is 6.12. The van der Waals surface area contributed by atoms with E-state index in [9.17, 15) is 32.9 Å². The van der Waals surface area contributed by atoms with Gasteiger partial charge in [-0.2, -0.15) is 8.42 Å². The number of nitro benzene ring substituents is 1. The molecule has 176 valence electrons. The number of nitrogens with zero attached hydrogens (tertiary/aromatic N) is 2. The minimum absolute atomic E-state index is 0.00677. The molecule has 0 unspecified atom stereocenters. The van der Waals surface area contributed by atoms with Gasteiger partial charge in [0.2, 0.25) is 0 Å². The molecule has 0 aromatic heterocycles. The number of nitrogens with one attached hydrogen (secondary N) is 1. The number of hydrogen-bond donors (Lipinski definition) is 1. The van der Waals surface area contributed by atoms with Crippen molar-refractivity contribution in [3.63, 3.8) is 0 Å². The Hall–Kier alpha value is -4.84. The molecule has 11 nitrogen and oxygen atoms in total. The lowest BCUT2D eigenvalue weighted by Crippen LogP contribution is -2.54. The Kier molecular flexibility index (Phi) is 6.12. The zero-order valence-electron chi connectivity index (χ0n) is 17.7. The van der Waals surface area contributed by atoms with Crippen LogP contribution >= 0.6 is 0 Å². The number of nitro groups is 1. The number of para-hydroxylation sites is 1. The van der Waals surface area contributed by atoms with Crippen LogP contribution in [-0.4, -0.2) is 31.2 Å². The Bertz CT molecular complexity index is 1480. The first-order valence-corrected chi connectivity index (χ1v) is 11.3. The number of amides is 4. The Labute approximate surface area is 198 Å². The second-order valence-corrected chi connectivity index (χ2v) is 8.67. The lowest BCUT2D eigenvalue weighted by atomic mass is 10.1. The van der Waals surface area contributed by atoms with Crippen LogP contribution in [-0.2, 0) is 19.7 Å². The fourth-order valence-corrected chi connectivity index (χ4v) is 4.17. The maximum Gasteiger partial charge on any atom is 0.339 e. The number of barbiturate groups is 1. The Balaban J connectivity index is 1.70. The molecule has 1 heterocycles. The first-order valence-electron chi connectivity index (χ1n) is 9.92. The van der Waals surface area contributed by atoms with E-state index in [-0.39, 0.29) is 27.6 Å². The van der Waals surface area contributed by atoms with Gasteiger partial charge in [-0.15, -0.1) is 0 Å². The average molecular weight is 493 g/mol. The largest absolute Gasteiger partial charge is 0.378 e. The van der Waals surface area contributed by atoms with Crippen LogP contribution in [0.2, 0.25) is 0 Å². The second kappa shape index (κ2) is 9.19. The van der Waals surface area contributed by atoms with Crippen molar-refractivity contribution in [1.82, 2.24) is 5.32 Å². The van der Waals surface area contributed by atoms with Crippen LogP contribution in [0.1, 0.15) is 5.56 Å². The van der Waals surface area contributed by atoms with Gasteiger partial charge in [0.1, 0.15) is 16.2 Å².